The van der Waals surface area contributed by atoms with E-state index >= 15 is 0 Å². The van der Waals surface area contributed by atoms with E-state index in [1.165, 1.54) is 44.1 Å². The zero-order valence-electron chi connectivity index (χ0n) is 10.5. The van der Waals surface area contributed by atoms with Crippen molar-refractivity contribution in [2.45, 2.75) is 57.7 Å². The molecule has 0 bridgehead atoms. The van der Waals surface area contributed by atoms with Gasteiger partial charge in [0.05, 0.1) is 6.61 Å². The third kappa shape index (κ3) is 4.14. The number of hydrogen-bond acceptors (Lipinski definition) is 2. The summed E-state index contributed by atoms with van der Waals surface area (Å²) in [6.07, 6.45) is 8.22. The summed E-state index contributed by atoms with van der Waals surface area (Å²) >= 11 is 0. The van der Waals surface area contributed by atoms with Gasteiger partial charge < -0.3 is 10.4 Å². The van der Waals surface area contributed by atoms with Gasteiger partial charge in [-0.2, -0.15) is 0 Å². The number of rotatable bonds is 4. The predicted octanol–water partition coefficient (Wildman–Crippen LogP) is 2.99. The van der Waals surface area contributed by atoms with Crippen LogP contribution < -0.4 is 5.32 Å². The SMILES string of the molecule is OCc1ccc(CNC2CCCCCC2)cc1. The molecule has 2 N–H and O–H groups in total. The van der Waals surface area contributed by atoms with Crippen molar-refractivity contribution in [3.8, 4) is 0 Å². The topological polar surface area (TPSA) is 32.3 Å². The number of benzene rings is 1. The van der Waals surface area contributed by atoms with E-state index in [9.17, 15) is 0 Å². The molecule has 1 aromatic carbocycles. The van der Waals surface area contributed by atoms with E-state index in [-0.39, 0.29) is 6.61 Å². The zero-order chi connectivity index (χ0) is 11.9. The first-order valence-electron chi connectivity index (χ1n) is 6.80. The average molecular weight is 233 g/mol. The Morgan fingerprint density at radius 1 is 0.941 bits per heavy atom. The fraction of sp³-hybridized carbons (Fsp3) is 0.600. The number of aliphatic hydroxyl groups is 1. The monoisotopic (exact) mass is 233 g/mol. The molecule has 2 heteroatoms. The molecule has 1 fully saturated rings. The molecule has 0 radical (unpaired) electrons. The van der Waals surface area contributed by atoms with Crippen LogP contribution in [0.1, 0.15) is 49.7 Å². The van der Waals surface area contributed by atoms with Crippen LogP contribution in [-0.2, 0) is 13.2 Å². The molecule has 0 aliphatic heterocycles. The van der Waals surface area contributed by atoms with Gasteiger partial charge in [0.1, 0.15) is 0 Å². The Morgan fingerprint density at radius 3 is 2.12 bits per heavy atom. The first-order chi connectivity index (χ1) is 8.38. The molecule has 0 amide bonds. The van der Waals surface area contributed by atoms with Crippen molar-refractivity contribution in [3.63, 3.8) is 0 Å². The van der Waals surface area contributed by atoms with E-state index in [4.69, 9.17) is 5.11 Å². The van der Waals surface area contributed by atoms with Crippen molar-refractivity contribution in [2.75, 3.05) is 0 Å². The molecule has 2 rings (SSSR count). The van der Waals surface area contributed by atoms with Crippen molar-refractivity contribution in [1.29, 1.82) is 0 Å². The molecule has 94 valence electrons. The van der Waals surface area contributed by atoms with Gasteiger partial charge in [-0.05, 0) is 24.0 Å². The van der Waals surface area contributed by atoms with Gasteiger partial charge in [-0.25, -0.2) is 0 Å². The van der Waals surface area contributed by atoms with Crippen LogP contribution in [0.4, 0.5) is 0 Å². The van der Waals surface area contributed by atoms with E-state index in [1.54, 1.807) is 0 Å². The summed E-state index contributed by atoms with van der Waals surface area (Å²) in [4.78, 5) is 0. The smallest absolute Gasteiger partial charge is 0.0681 e. The van der Waals surface area contributed by atoms with Gasteiger partial charge in [0.2, 0.25) is 0 Å². The van der Waals surface area contributed by atoms with Crippen LogP contribution in [0.2, 0.25) is 0 Å². The third-order valence-corrected chi connectivity index (χ3v) is 3.66. The highest BCUT2D eigenvalue weighted by atomic mass is 16.3. The maximum atomic E-state index is 8.98. The summed E-state index contributed by atoms with van der Waals surface area (Å²) in [5.74, 6) is 0. The molecule has 0 atom stereocenters. The van der Waals surface area contributed by atoms with E-state index in [0.717, 1.165) is 12.1 Å². The predicted molar refractivity (Wildman–Crippen MR) is 70.7 cm³/mol. The normalized spacial score (nSPS) is 17.9. The molecular weight excluding hydrogens is 210 g/mol. The second-order valence-electron chi connectivity index (χ2n) is 5.04. The largest absolute Gasteiger partial charge is 0.392 e. The molecule has 1 saturated carbocycles. The number of aliphatic hydroxyl groups excluding tert-OH is 1. The Kier molecular flexibility index (Phi) is 5.02. The van der Waals surface area contributed by atoms with Crippen LogP contribution >= 0.6 is 0 Å². The van der Waals surface area contributed by atoms with Crippen LogP contribution in [0.25, 0.3) is 0 Å². The minimum absolute atomic E-state index is 0.135. The van der Waals surface area contributed by atoms with Gasteiger partial charge in [0, 0.05) is 12.6 Å². The Morgan fingerprint density at radius 2 is 1.53 bits per heavy atom. The van der Waals surface area contributed by atoms with Crippen LogP contribution in [0.5, 0.6) is 0 Å². The minimum atomic E-state index is 0.135. The molecule has 17 heavy (non-hydrogen) atoms. The summed E-state index contributed by atoms with van der Waals surface area (Å²) in [5, 5.41) is 12.6. The van der Waals surface area contributed by atoms with E-state index in [0.29, 0.717) is 6.04 Å². The summed E-state index contributed by atoms with van der Waals surface area (Å²) in [6.45, 7) is 1.09. The van der Waals surface area contributed by atoms with Crippen molar-refractivity contribution in [2.24, 2.45) is 0 Å². The fourth-order valence-electron chi connectivity index (χ4n) is 2.51. The average Bonchev–Trinajstić information content (AvgIpc) is 2.65. The Balaban J connectivity index is 1.79. The maximum Gasteiger partial charge on any atom is 0.0681 e. The maximum absolute atomic E-state index is 8.98. The van der Waals surface area contributed by atoms with E-state index in [1.807, 2.05) is 12.1 Å². The Hall–Kier alpha value is -0.860. The van der Waals surface area contributed by atoms with Gasteiger partial charge in [-0.1, -0.05) is 49.9 Å². The van der Waals surface area contributed by atoms with Crippen molar-refractivity contribution >= 4 is 0 Å². The van der Waals surface area contributed by atoms with Crippen LogP contribution in [0.3, 0.4) is 0 Å². The highest BCUT2D eigenvalue weighted by Gasteiger charge is 2.10. The van der Waals surface area contributed by atoms with E-state index in [2.05, 4.69) is 17.4 Å². The molecule has 0 spiro atoms. The second kappa shape index (κ2) is 6.77. The van der Waals surface area contributed by atoms with Gasteiger partial charge in [0.25, 0.3) is 0 Å². The first-order valence-corrected chi connectivity index (χ1v) is 6.80. The molecule has 0 saturated heterocycles. The van der Waals surface area contributed by atoms with Crippen molar-refractivity contribution < 1.29 is 5.11 Å². The summed E-state index contributed by atoms with van der Waals surface area (Å²) in [6, 6.07) is 8.92. The Bertz CT molecular complexity index is 312. The fourth-order valence-corrected chi connectivity index (χ4v) is 2.51. The Labute approximate surface area is 104 Å². The number of hydrogen-bond donors (Lipinski definition) is 2. The van der Waals surface area contributed by atoms with Gasteiger partial charge >= 0.3 is 0 Å². The van der Waals surface area contributed by atoms with Crippen molar-refractivity contribution in [1.82, 2.24) is 5.32 Å². The molecule has 0 heterocycles. The lowest BCUT2D eigenvalue weighted by Crippen LogP contribution is -2.27. The lowest BCUT2D eigenvalue weighted by molar-refractivity contribution is 0.282. The standard InChI is InChI=1S/C15H23NO/c17-12-14-9-7-13(8-10-14)11-16-15-5-3-1-2-4-6-15/h7-10,15-17H,1-6,11-12H2. The summed E-state index contributed by atoms with van der Waals surface area (Å²) in [7, 11) is 0. The quantitative estimate of drug-likeness (QED) is 0.784. The second-order valence-corrected chi connectivity index (χ2v) is 5.04. The highest BCUT2D eigenvalue weighted by molar-refractivity contribution is 5.21. The van der Waals surface area contributed by atoms with Gasteiger partial charge in [-0.15, -0.1) is 0 Å². The van der Waals surface area contributed by atoms with Crippen LogP contribution in [0.15, 0.2) is 24.3 Å². The highest BCUT2D eigenvalue weighted by Crippen LogP contribution is 2.17. The lowest BCUT2D eigenvalue weighted by atomic mass is 10.1. The lowest BCUT2D eigenvalue weighted by Gasteiger charge is -2.16. The zero-order valence-corrected chi connectivity index (χ0v) is 10.5. The molecule has 0 unspecified atom stereocenters. The van der Waals surface area contributed by atoms with E-state index < -0.39 is 0 Å². The van der Waals surface area contributed by atoms with Crippen LogP contribution in [0, 0.1) is 0 Å². The van der Waals surface area contributed by atoms with Gasteiger partial charge in [-0.3, -0.25) is 0 Å². The molecule has 2 nitrogen and oxygen atoms in total. The third-order valence-electron chi connectivity index (χ3n) is 3.66. The number of nitrogens with one attached hydrogen (secondary N) is 1. The summed E-state index contributed by atoms with van der Waals surface area (Å²) in [5.41, 5.74) is 2.30. The molecule has 1 aliphatic rings. The minimum Gasteiger partial charge on any atom is -0.392 e. The molecule has 0 aromatic heterocycles. The summed E-state index contributed by atoms with van der Waals surface area (Å²) < 4.78 is 0. The first kappa shape index (κ1) is 12.6. The molecular formula is C15H23NO. The van der Waals surface area contributed by atoms with Crippen LogP contribution in [-0.4, -0.2) is 11.1 Å². The molecule has 1 aliphatic carbocycles. The molecule has 1 aromatic rings. The van der Waals surface area contributed by atoms with Crippen molar-refractivity contribution in [3.05, 3.63) is 35.4 Å². The van der Waals surface area contributed by atoms with Gasteiger partial charge in [0.15, 0.2) is 0 Å².